The minimum absolute atomic E-state index is 0.0579. The van der Waals surface area contributed by atoms with Crippen molar-refractivity contribution in [3.8, 4) is 0 Å². The van der Waals surface area contributed by atoms with Crippen LogP contribution < -0.4 is 0 Å². The first kappa shape index (κ1) is 21.4. The van der Waals surface area contributed by atoms with Gasteiger partial charge in [-0.2, -0.15) is 0 Å². The number of nitrogens with zero attached hydrogens (tertiary/aromatic N) is 5. The fourth-order valence-corrected chi connectivity index (χ4v) is 5.54. The van der Waals surface area contributed by atoms with Gasteiger partial charge in [0.1, 0.15) is 23.1 Å². The molecule has 32 heavy (non-hydrogen) atoms. The van der Waals surface area contributed by atoms with Crippen molar-refractivity contribution in [2.75, 3.05) is 19.6 Å². The van der Waals surface area contributed by atoms with E-state index in [2.05, 4.69) is 31.2 Å². The summed E-state index contributed by atoms with van der Waals surface area (Å²) in [7, 11) is 0. The number of carbonyl (C=O) groups is 1. The van der Waals surface area contributed by atoms with Crippen LogP contribution in [-0.4, -0.2) is 60.9 Å². The van der Waals surface area contributed by atoms with Crippen LogP contribution in [0.1, 0.15) is 70.9 Å². The van der Waals surface area contributed by atoms with Crippen molar-refractivity contribution < 1.29 is 9.53 Å². The molecule has 1 saturated carbocycles. The molecule has 1 N–H and O–H groups in total. The molecule has 2 fully saturated rings. The van der Waals surface area contributed by atoms with Gasteiger partial charge in [-0.1, -0.05) is 5.21 Å². The Balaban J connectivity index is 1.14. The van der Waals surface area contributed by atoms with E-state index < -0.39 is 5.60 Å². The lowest BCUT2D eigenvalue weighted by Crippen LogP contribution is -2.30. The molecule has 0 amide bonds. The number of ether oxygens (including phenoxy) is 1. The third-order valence-corrected chi connectivity index (χ3v) is 6.99. The molecule has 0 bridgehead atoms. The fourth-order valence-electron chi connectivity index (χ4n) is 5.54. The van der Waals surface area contributed by atoms with Gasteiger partial charge in [-0.3, -0.25) is 4.79 Å². The predicted molar refractivity (Wildman–Crippen MR) is 122 cm³/mol. The molecule has 0 aromatic carbocycles. The number of carbonyl (C=O) groups excluding carboxylic acids is 1. The summed E-state index contributed by atoms with van der Waals surface area (Å²) in [5, 5.41) is 9.97. The molecule has 1 atom stereocenters. The Kier molecular flexibility index (Phi) is 5.65. The van der Waals surface area contributed by atoms with Gasteiger partial charge in [0.25, 0.3) is 0 Å². The number of hydrogen-bond donors (Lipinski definition) is 1. The van der Waals surface area contributed by atoms with Crippen molar-refractivity contribution in [1.29, 1.82) is 0 Å². The molecule has 3 aromatic rings. The zero-order valence-corrected chi connectivity index (χ0v) is 19.4. The topological polar surface area (TPSA) is 88.4 Å². The van der Waals surface area contributed by atoms with E-state index in [0.717, 1.165) is 67.1 Å². The van der Waals surface area contributed by atoms with E-state index in [4.69, 9.17) is 4.74 Å². The molecule has 8 heteroatoms. The highest BCUT2D eigenvalue weighted by atomic mass is 16.6. The van der Waals surface area contributed by atoms with Crippen LogP contribution in [0.3, 0.4) is 0 Å². The van der Waals surface area contributed by atoms with Gasteiger partial charge >= 0.3 is 5.97 Å². The lowest BCUT2D eigenvalue weighted by atomic mass is 9.80. The van der Waals surface area contributed by atoms with E-state index in [1.165, 1.54) is 12.8 Å². The molecular weight excluding hydrogens is 404 g/mol. The molecule has 0 spiro atoms. The second kappa shape index (κ2) is 8.46. The second-order valence-electron chi connectivity index (χ2n) is 10.7. The average molecular weight is 439 g/mol. The van der Waals surface area contributed by atoms with Crippen LogP contribution >= 0.6 is 0 Å². The second-order valence-corrected chi connectivity index (χ2v) is 10.7. The highest BCUT2D eigenvalue weighted by Gasteiger charge is 2.31. The number of likely N-dealkylation sites (tertiary alicyclic amines) is 1. The lowest BCUT2D eigenvalue weighted by Gasteiger charge is -2.30. The normalized spacial score (nSPS) is 25.0. The third-order valence-electron chi connectivity index (χ3n) is 6.99. The van der Waals surface area contributed by atoms with Crippen molar-refractivity contribution in [2.24, 2.45) is 11.8 Å². The molecule has 0 unspecified atom stereocenters. The summed E-state index contributed by atoms with van der Waals surface area (Å²) in [6, 6.07) is 2.07. The van der Waals surface area contributed by atoms with Gasteiger partial charge in [0.15, 0.2) is 0 Å². The first-order valence-electron chi connectivity index (χ1n) is 12.0. The molecule has 1 aliphatic carbocycles. The number of fused-ring (bicyclic) bond motifs is 3. The maximum Gasteiger partial charge on any atom is 0.306 e. The van der Waals surface area contributed by atoms with Crippen molar-refractivity contribution >= 4 is 22.5 Å². The third kappa shape index (κ3) is 4.51. The molecule has 2 aliphatic rings. The van der Waals surface area contributed by atoms with Crippen molar-refractivity contribution in [3.63, 3.8) is 0 Å². The summed E-state index contributed by atoms with van der Waals surface area (Å²) in [6.45, 7) is 9.06. The van der Waals surface area contributed by atoms with Crippen LogP contribution in [0.5, 0.6) is 0 Å². The molecule has 0 radical (unpaired) electrons. The van der Waals surface area contributed by atoms with E-state index in [1.54, 1.807) is 6.33 Å². The number of hydrogen-bond acceptors (Lipinski definition) is 6. The number of nitrogens with one attached hydrogen (secondary N) is 1. The minimum atomic E-state index is -0.396. The Hall–Kier alpha value is -2.48. The summed E-state index contributed by atoms with van der Waals surface area (Å²) < 4.78 is 7.32. The number of rotatable bonds is 5. The Bertz CT molecular complexity index is 1090. The summed E-state index contributed by atoms with van der Waals surface area (Å²) >= 11 is 0. The van der Waals surface area contributed by atoms with Crippen LogP contribution in [-0.2, 0) is 9.53 Å². The molecule has 8 nitrogen and oxygen atoms in total. The lowest BCUT2D eigenvalue weighted by molar-refractivity contribution is -0.155. The number of H-pyrrole nitrogens is 1. The highest BCUT2D eigenvalue weighted by molar-refractivity contribution is 5.92. The molecule has 5 rings (SSSR count). The van der Waals surface area contributed by atoms with E-state index in [0.29, 0.717) is 18.3 Å². The summed E-state index contributed by atoms with van der Waals surface area (Å²) in [5.41, 5.74) is 2.72. The van der Waals surface area contributed by atoms with Crippen LogP contribution in [0, 0.1) is 11.8 Å². The van der Waals surface area contributed by atoms with Gasteiger partial charge in [0.2, 0.25) is 0 Å². The van der Waals surface area contributed by atoms with E-state index in [-0.39, 0.29) is 5.97 Å². The van der Waals surface area contributed by atoms with E-state index in [1.807, 2.05) is 31.5 Å². The molecule has 172 valence electrons. The van der Waals surface area contributed by atoms with Gasteiger partial charge in [-0.05, 0) is 77.3 Å². The largest absolute Gasteiger partial charge is 0.460 e. The van der Waals surface area contributed by atoms with Gasteiger partial charge in [-0.25, -0.2) is 9.50 Å². The van der Waals surface area contributed by atoms with Crippen LogP contribution in [0.4, 0.5) is 0 Å². The molecule has 3 aromatic heterocycles. The Morgan fingerprint density at radius 2 is 2.00 bits per heavy atom. The Labute approximate surface area is 188 Å². The standard InChI is InChI=1S/C24H34N6O2/c1-24(2,3)32-20(31)12-17-9-11-29(14-17)13-16-4-6-18(7-5-16)21-22-19-8-10-25-23(19)26-15-30(22)28-27-21/h8,10,15-18,25H,4-7,9,11-14H2,1-3H3/t16?,17-,18?/m1/s1. The minimum Gasteiger partial charge on any atom is -0.460 e. The first-order valence-corrected chi connectivity index (χ1v) is 12.0. The van der Waals surface area contributed by atoms with Crippen molar-refractivity contribution in [3.05, 3.63) is 24.3 Å². The van der Waals surface area contributed by atoms with Gasteiger partial charge in [0, 0.05) is 37.0 Å². The maximum atomic E-state index is 12.2. The smallest absolute Gasteiger partial charge is 0.306 e. The van der Waals surface area contributed by atoms with Crippen LogP contribution in [0.25, 0.3) is 16.6 Å². The molecule has 1 aliphatic heterocycles. The number of aromatic nitrogens is 5. The number of aromatic amines is 1. The van der Waals surface area contributed by atoms with Crippen molar-refractivity contribution in [2.45, 2.75) is 70.8 Å². The quantitative estimate of drug-likeness (QED) is 0.607. The van der Waals surface area contributed by atoms with Crippen LogP contribution in [0.15, 0.2) is 18.6 Å². The zero-order chi connectivity index (χ0) is 22.3. The van der Waals surface area contributed by atoms with Crippen LogP contribution in [0.2, 0.25) is 0 Å². The Morgan fingerprint density at radius 1 is 1.19 bits per heavy atom. The van der Waals surface area contributed by atoms with Gasteiger partial charge < -0.3 is 14.6 Å². The Morgan fingerprint density at radius 3 is 2.78 bits per heavy atom. The monoisotopic (exact) mass is 438 g/mol. The molecule has 4 heterocycles. The molecular formula is C24H34N6O2. The zero-order valence-electron chi connectivity index (χ0n) is 19.4. The summed E-state index contributed by atoms with van der Waals surface area (Å²) in [4.78, 5) is 22.3. The molecule has 1 saturated heterocycles. The van der Waals surface area contributed by atoms with Crippen molar-refractivity contribution in [1.82, 2.24) is 29.7 Å². The van der Waals surface area contributed by atoms with Gasteiger partial charge in [-0.15, -0.1) is 5.10 Å². The SMILES string of the molecule is CC(C)(C)OC(=O)C[C@H]1CCN(CC2CCC(c3nnn4cnc5[nH]ccc5c34)CC2)C1. The fraction of sp³-hybridized carbons (Fsp3) is 0.667. The highest BCUT2D eigenvalue weighted by Crippen LogP contribution is 2.38. The average Bonchev–Trinajstić information content (AvgIpc) is 3.45. The maximum absolute atomic E-state index is 12.2. The summed E-state index contributed by atoms with van der Waals surface area (Å²) in [5.74, 6) is 1.56. The number of esters is 1. The van der Waals surface area contributed by atoms with E-state index >= 15 is 0 Å². The first-order chi connectivity index (χ1) is 15.4. The van der Waals surface area contributed by atoms with E-state index in [9.17, 15) is 4.79 Å². The summed E-state index contributed by atoms with van der Waals surface area (Å²) in [6.07, 6.45) is 10.1. The predicted octanol–water partition coefficient (Wildman–Crippen LogP) is 3.93. The van der Waals surface area contributed by atoms with Gasteiger partial charge in [0.05, 0.1) is 5.69 Å².